The number of ether oxygens (including phenoxy) is 2. The van der Waals surface area contributed by atoms with Crippen LogP contribution in [0.25, 0.3) is 16.4 Å². The number of carbonyl (C=O) groups is 3. The third-order valence-corrected chi connectivity index (χ3v) is 5.91. The number of hydrogen-bond acceptors (Lipinski definition) is 8. The van der Waals surface area contributed by atoms with Gasteiger partial charge in [0.15, 0.2) is 12.4 Å². The van der Waals surface area contributed by atoms with Gasteiger partial charge in [-0.1, -0.05) is 6.07 Å². The molecular weight excluding hydrogens is 463 g/mol. The number of H-pyrrole nitrogens is 1. The van der Waals surface area contributed by atoms with Crippen LogP contribution in [0.2, 0.25) is 0 Å². The highest BCUT2D eigenvalue weighted by atomic mass is 32.1. The highest BCUT2D eigenvalue weighted by Crippen LogP contribution is 2.26. The fraction of sp³-hybridized carbons (Fsp3) is 0.174. The van der Waals surface area contributed by atoms with Crippen molar-refractivity contribution in [1.82, 2.24) is 19.7 Å². The Morgan fingerprint density at radius 2 is 1.85 bits per heavy atom. The van der Waals surface area contributed by atoms with Crippen LogP contribution in [0.4, 0.5) is 4.39 Å². The summed E-state index contributed by atoms with van der Waals surface area (Å²) in [6, 6.07) is 9.19. The van der Waals surface area contributed by atoms with Crippen molar-refractivity contribution in [2.75, 3.05) is 13.7 Å². The molecule has 0 unspecified atom stereocenters. The quantitative estimate of drug-likeness (QED) is 0.314. The molecule has 0 radical (unpaired) electrons. The predicted octanol–water partition coefficient (Wildman–Crippen LogP) is 3.91. The summed E-state index contributed by atoms with van der Waals surface area (Å²) in [5.41, 5.74) is 1.79. The Bertz CT molecular complexity index is 1370. The number of rotatable bonds is 7. The van der Waals surface area contributed by atoms with E-state index in [1.165, 1.54) is 47.4 Å². The van der Waals surface area contributed by atoms with Gasteiger partial charge in [-0.3, -0.25) is 4.79 Å². The Labute approximate surface area is 197 Å². The zero-order valence-corrected chi connectivity index (χ0v) is 19.2. The highest BCUT2D eigenvalue weighted by molar-refractivity contribution is 7.13. The number of aryl methyl sites for hydroxylation is 1. The SMILES string of the molecule is COC(=O)c1c(C)[nH]c(C(=O)COC(=O)c2nc(-c3cccs3)n(-c3ccc(F)cc3)n2)c1C. The number of halogens is 1. The summed E-state index contributed by atoms with van der Waals surface area (Å²) in [6.07, 6.45) is 0. The summed E-state index contributed by atoms with van der Waals surface area (Å²) in [4.78, 5) is 45.1. The van der Waals surface area contributed by atoms with Crippen LogP contribution in [0, 0.1) is 19.7 Å². The number of esters is 2. The van der Waals surface area contributed by atoms with E-state index in [0.29, 0.717) is 22.8 Å². The summed E-state index contributed by atoms with van der Waals surface area (Å²) in [7, 11) is 1.25. The van der Waals surface area contributed by atoms with E-state index in [4.69, 9.17) is 9.47 Å². The van der Waals surface area contributed by atoms with E-state index in [2.05, 4.69) is 15.1 Å². The van der Waals surface area contributed by atoms with Gasteiger partial charge < -0.3 is 14.5 Å². The largest absolute Gasteiger partial charge is 0.465 e. The first-order valence-corrected chi connectivity index (χ1v) is 10.9. The van der Waals surface area contributed by atoms with E-state index in [1.807, 2.05) is 17.5 Å². The number of methoxy groups -OCH3 is 1. The molecule has 0 saturated carbocycles. The molecule has 3 aromatic heterocycles. The second-order valence-corrected chi connectivity index (χ2v) is 8.19. The van der Waals surface area contributed by atoms with Gasteiger partial charge in [0.05, 0.1) is 28.9 Å². The number of aromatic nitrogens is 4. The van der Waals surface area contributed by atoms with Gasteiger partial charge in [-0.25, -0.2) is 18.7 Å². The number of carbonyl (C=O) groups excluding carboxylic acids is 3. The molecule has 34 heavy (non-hydrogen) atoms. The van der Waals surface area contributed by atoms with E-state index in [0.717, 1.165) is 4.88 Å². The van der Waals surface area contributed by atoms with Gasteiger partial charge in [0.25, 0.3) is 5.82 Å². The molecule has 0 saturated heterocycles. The molecule has 3 heterocycles. The third kappa shape index (κ3) is 4.37. The molecule has 0 atom stereocenters. The minimum Gasteiger partial charge on any atom is -0.465 e. The maximum atomic E-state index is 13.4. The van der Waals surface area contributed by atoms with E-state index >= 15 is 0 Å². The molecule has 4 aromatic rings. The van der Waals surface area contributed by atoms with E-state index in [9.17, 15) is 18.8 Å². The zero-order chi connectivity index (χ0) is 24.4. The van der Waals surface area contributed by atoms with Crippen LogP contribution >= 0.6 is 11.3 Å². The highest BCUT2D eigenvalue weighted by Gasteiger charge is 2.25. The molecule has 9 nitrogen and oxygen atoms in total. The summed E-state index contributed by atoms with van der Waals surface area (Å²) in [5, 5.41) is 6.07. The lowest BCUT2D eigenvalue weighted by atomic mass is 10.1. The molecule has 1 N–H and O–H groups in total. The van der Waals surface area contributed by atoms with E-state index in [-0.39, 0.29) is 17.1 Å². The number of Topliss-reactive ketones (excluding diaryl/α,β-unsaturated/α-hetero) is 1. The van der Waals surface area contributed by atoms with Crippen LogP contribution in [0.1, 0.15) is 42.7 Å². The van der Waals surface area contributed by atoms with Gasteiger partial charge in [0.2, 0.25) is 5.78 Å². The molecule has 1 aromatic carbocycles. The summed E-state index contributed by atoms with van der Waals surface area (Å²) in [5.74, 6) is -2.29. The summed E-state index contributed by atoms with van der Waals surface area (Å²) in [6.45, 7) is 2.66. The Morgan fingerprint density at radius 1 is 1.12 bits per heavy atom. The Hall–Kier alpha value is -4.12. The van der Waals surface area contributed by atoms with Crippen LogP contribution in [0.3, 0.4) is 0 Å². The first-order chi connectivity index (χ1) is 16.3. The number of benzene rings is 1. The molecule has 0 aliphatic rings. The van der Waals surface area contributed by atoms with Crippen LogP contribution in [0.15, 0.2) is 41.8 Å². The zero-order valence-electron chi connectivity index (χ0n) is 18.4. The van der Waals surface area contributed by atoms with Crippen LogP contribution in [-0.4, -0.2) is 51.2 Å². The Morgan fingerprint density at radius 3 is 2.50 bits per heavy atom. The van der Waals surface area contributed by atoms with Crippen molar-refractivity contribution in [2.24, 2.45) is 0 Å². The van der Waals surface area contributed by atoms with Gasteiger partial charge >= 0.3 is 11.9 Å². The van der Waals surface area contributed by atoms with E-state index < -0.39 is 30.1 Å². The van der Waals surface area contributed by atoms with Crippen molar-refractivity contribution in [1.29, 1.82) is 0 Å². The Kier molecular flexibility index (Phi) is 6.37. The molecule has 0 aliphatic heterocycles. The first-order valence-electron chi connectivity index (χ1n) is 10.0. The lowest BCUT2D eigenvalue weighted by Crippen LogP contribution is -2.16. The van der Waals surface area contributed by atoms with Gasteiger partial charge in [-0.15, -0.1) is 16.4 Å². The van der Waals surface area contributed by atoms with Crippen LogP contribution < -0.4 is 0 Å². The molecule has 174 valence electrons. The van der Waals surface area contributed by atoms with Crippen molar-refractivity contribution in [3.05, 3.63) is 75.9 Å². The molecule has 0 amide bonds. The third-order valence-electron chi connectivity index (χ3n) is 5.04. The number of ketones is 1. The molecule has 11 heteroatoms. The fourth-order valence-electron chi connectivity index (χ4n) is 3.43. The van der Waals surface area contributed by atoms with Crippen molar-refractivity contribution in [3.8, 4) is 16.4 Å². The van der Waals surface area contributed by atoms with Crippen molar-refractivity contribution in [3.63, 3.8) is 0 Å². The molecule has 0 fully saturated rings. The smallest absolute Gasteiger partial charge is 0.378 e. The standard InChI is InChI=1S/C23H19FN4O5S/c1-12-18(22(30)32-3)13(2)25-19(12)16(29)11-33-23(31)20-26-21(17-5-4-10-34-17)28(27-20)15-8-6-14(24)7-9-15/h4-10,25H,11H2,1-3H3. The normalized spacial score (nSPS) is 10.8. The summed E-state index contributed by atoms with van der Waals surface area (Å²) < 4.78 is 24.7. The number of nitrogens with zero attached hydrogens (tertiary/aromatic N) is 3. The lowest BCUT2D eigenvalue weighted by Gasteiger charge is -2.04. The average Bonchev–Trinajstić information content (AvgIpc) is 3.56. The second-order valence-electron chi connectivity index (χ2n) is 7.24. The van der Waals surface area contributed by atoms with Crippen molar-refractivity contribution in [2.45, 2.75) is 13.8 Å². The van der Waals surface area contributed by atoms with Gasteiger partial charge in [-0.2, -0.15) is 4.98 Å². The molecule has 4 rings (SSSR count). The van der Waals surface area contributed by atoms with Crippen molar-refractivity contribution < 1.29 is 28.2 Å². The van der Waals surface area contributed by atoms with Gasteiger partial charge in [0, 0.05) is 5.69 Å². The minimum absolute atomic E-state index is 0.148. The number of aromatic amines is 1. The summed E-state index contributed by atoms with van der Waals surface area (Å²) >= 11 is 1.39. The number of nitrogens with one attached hydrogen (secondary N) is 1. The molecular formula is C23H19FN4O5S. The predicted molar refractivity (Wildman–Crippen MR) is 121 cm³/mol. The van der Waals surface area contributed by atoms with Crippen molar-refractivity contribution >= 4 is 29.1 Å². The van der Waals surface area contributed by atoms with Gasteiger partial charge in [-0.05, 0) is 55.1 Å². The van der Waals surface area contributed by atoms with Crippen LogP contribution in [0.5, 0.6) is 0 Å². The number of hydrogen-bond donors (Lipinski definition) is 1. The van der Waals surface area contributed by atoms with E-state index in [1.54, 1.807) is 13.8 Å². The Balaban J connectivity index is 1.56. The minimum atomic E-state index is -0.902. The lowest BCUT2D eigenvalue weighted by molar-refractivity contribution is 0.0461. The molecule has 0 aliphatic carbocycles. The first kappa shape index (κ1) is 23.1. The monoisotopic (exact) mass is 482 g/mol. The van der Waals surface area contributed by atoms with Crippen LogP contribution in [-0.2, 0) is 9.47 Å². The molecule has 0 spiro atoms. The average molecular weight is 482 g/mol. The number of thiophene rings is 1. The maximum Gasteiger partial charge on any atom is 0.378 e. The molecule has 0 bridgehead atoms. The fourth-order valence-corrected chi connectivity index (χ4v) is 4.13. The topological polar surface area (TPSA) is 116 Å². The maximum absolute atomic E-state index is 13.4. The second kappa shape index (κ2) is 9.40. The van der Waals surface area contributed by atoms with Gasteiger partial charge in [0.1, 0.15) is 5.82 Å².